The van der Waals surface area contributed by atoms with Crippen molar-refractivity contribution in [3.05, 3.63) is 30.4 Å². The number of anilines is 1. The van der Waals surface area contributed by atoms with Gasteiger partial charge in [-0.1, -0.05) is 0 Å². The Hall–Kier alpha value is -2.00. The number of nitrogens with one attached hydrogen (secondary N) is 2. The fraction of sp³-hybridized carbons (Fsp3) is 0.364. The fourth-order valence-corrected chi connectivity index (χ4v) is 2.40. The second kappa shape index (κ2) is 5.97. The highest BCUT2D eigenvalue weighted by Gasteiger charge is 2.15. The van der Waals surface area contributed by atoms with Gasteiger partial charge in [0.1, 0.15) is 4.90 Å². The standard InChI is InChI=1S/C11H16N6O2S/c1-3-12-11-13-7-10(8-14-11)20(18,19)15-6-9-4-5-17(2)16-9/h4-5,7-8,15H,3,6H2,1-2H3,(H,12,13,14). The van der Waals surface area contributed by atoms with Gasteiger partial charge in [-0.15, -0.1) is 0 Å². The van der Waals surface area contributed by atoms with E-state index in [9.17, 15) is 8.42 Å². The van der Waals surface area contributed by atoms with Gasteiger partial charge in [-0.3, -0.25) is 4.68 Å². The number of hydrogen-bond acceptors (Lipinski definition) is 6. The maximum absolute atomic E-state index is 12.0. The number of sulfonamides is 1. The maximum atomic E-state index is 12.0. The number of aryl methyl sites for hydroxylation is 1. The molecule has 2 rings (SSSR count). The topological polar surface area (TPSA) is 102 Å². The molecule has 9 heteroatoms. The van der Waals surface area contributed by atoms with Crippen LogP contribution in [0.2, 0.25) is 0 Å². The second-order valence-corrected chi connectivity index (χ2v) is 5.84. The van der Waals surface area contributed by atoms with Crippen LogP contribution in [-0.2, 0) is 23.6 Å². The second-order valence-electron chi connectivity index (χ2n) is 4.08. The number of nitrogens with zero attached hydrogens (tertiary/aromatic N) is 4. The molecule has 0 fully saturated rings. The lowest BCUT2D eigenvalue weighted by atomic mass is 10.4. The van der Waals surface area contributed by atoms with Gasteiger partial charge in [-0.25, -0.2) is 23.1 Å². The third kappa shape index (κ3) is 3.52. The van der Waals surface area contributed by atoms with E-state index in [0.29, 0.717) is 18.2 Å². The van der Waals surface area contributed by atoms with Gasteiger partial charge in [0, 0.05) is 19.8 Å². The lowest BCUT2D eigenvalue weighted by Gasteiger charge is -2.06. The van der Waals surface area contributed by atoms with Gasteiger partial charge in [0.05, 0.1) is 24.6 Å². The van der Waals surface area contributed by atoms with Crippen LogP contribution >= 0.6 is 0 Å². The van der Waals surface area contributed by atoms with E-state index >= 15 is 0 Å². The third-order valence-electron chi connectivity index (χ3n) is 2.49. The predicted molar refractivity (Wildman–Crippen MR) is 73.4 cm³/mol. The van der Waals surface area contributed by atoms with Crippen molar-refractivity contribution in [3.63, 3.8) is 0 Å². The van der Waals surface area contributed by atoms with Gasteiger partial charge in [-0.05, 0) is 13.0 Å². The molecule has 0 amide bonds. The largest absolute Gasteiger partial charge is 0.355 e. The first-order valence-corrected chi connectivity index (χ1v) is 7.53. The van der Waals surface area contributed by atoms with E-state index in [1.807, 2.05) is 6.92 Å². The fourth-order valence-electron chi connectivity index (χ4n) is 1.51. The first kappa shape index (κ1) is 14.4. The summed E-state index contributed by atoms with van der Waals surface area (Å²) in [6.07, 6.45) is 4.29. The predicted octanol–water partition coefficient (Wildman–Crippen LogP) is 0.120. The lowest BCUT2D eigenvalue weighted by molar-refractivity contribution is 0.578. The molecule has 0 atom stereocenters. The van der Waals surface area contributed by atoms with Crippen molar-refractivity contribution in [2.45, 2.75) is 18.4 Å². The first-order chi connectivity index (χ1) is 9.51. The van der Waals surface area contributed by atoms with Crippen LogP contribution in [0.25, 0.3) is 0 Å². The van der Waals surface area contributed by atoms with Crippen molar-refractivity contribution < 1.29 is 8.42 Å². The quantitative estimate of drug-likeness (QED) is 0.785. The molecule has 2 aromatic rings. The number of rotatable bonds is 6. The van der Waals surface area contributed by atoms with Gasteiger partial charge in [-0.2, -0.15) is 5.10 Å². The smallest absolute Gasteiger partial charge is 0.244 e. The van der Waals surface area contributed by atoms with Crippen LogP contribution in [0.4, 0.5) is 5.95 Å². The molecule has 0 aliphatic carbocycles. The molecule has 0 aromatic carbocycles. The van der Waals surface area contributed by atoms with Crippen LogP contribution in [-0.4, -0.2) is 34.7 Å². The molecule has 2 aromatic heterocycles. The zero-order chi connectivity index (χ0) is 14.6. The Morgan fingerprint density at radius 3 is 2.55 bits per heavy atom. The highest BCUT2D eigenvalue weighted by atomic mass is 32.2. The molecule has 0 aliphatic rings. The Bertz CT molecular complexity index is 664. The summed E-state index contributed by atoms with van der Waals surface area (Å²) in [5.41, 5.74) is 0.640. The van der Waals surface area contributed by atoms with Crippen molar-refractivity contribution in [1.82, 2.24) is 24.5 Å². The van der Waals surface area contributed by atoms with Crippen LogP contribution in [0.15, 0.2) is 29.6 Å². The molecule has 2 heterocycles. The van der Waals surface area contributed by atoms with Gasteiger partial charge in [0.15, 0.2) is 0 Å². The van der Waals surface area contributed by atoms with E-state index in [4.69, 9.17) is 0 Å². The molecular formula is C11H16N6O2S. The Morgan fingerprint density at radius 2 is 2.00 bits per heavy atom. The van der Waals surface area contributed by atoms with E-state index in [-0.39, 0.29) is 11.4 Å². The monoisotopic (exact) mass is 296 g/mol. The lowest BCUT2D eigenvalue weighted by Crippen LogP contribution is -2.24. The summed E-state index contributed by atoms with van der Waals surface area (Å²) in [6, 6.07) is 1.74. The Morgan fingerprint density at radius 1 is 1.30 bits per heavy atom. The molecule has 108 valence electrons. The molecule has 0 bridgehead atoms. The Balaban J connectivity index is 2.05. The van der Waals surface area contributed by atoms with Crippen LogP contribution in [0, 0.1) is 0 Å². The molecule has 0 radical (unpaired) electrons. The minimum Gasteiger partial charge on any atom is -0.355 e. The highest BCUT2D eigenvalue weighted by Crippen LogP contribution is 2.08. The summed E-state index contributed by atoms with van der Waals surface area (Å²) in [5, 5.41) is 6.99. The van der Waals surface area contributed by atoms with Crippen molar-refractivity contribution in [2.24, 2.45) is 7.05 Å². The number of aromatic nitrogens is 4. The highest BCUT2D eigenvalue weighted by molar-refractivity contribution is 7.89. The van der Waals surface area contributed by atoms with Gasteiger partial charge < -0.3 is 5.32 Å². The van der Waals surface area contributed by atoms with E-state index in [1.54, 1.807) is 24.0 Å². The molecule has 0 saturated heterocycles. The molecule has 8 nitrogen and oxygen atoms in total. The minimum absolute atomic E-state index is 0.0232. The molecule has 2 N–H and O–H groups in total. The average molecular weight is 296 g/mol. The SMILES string of the molecule is CCNc1ncc(S(=O)(=O)NCc2ccn(C)n2)cn1. The Kier molecular flexibility index (Phi) is 4.30. The van der Waals surface area contributed by atoms with Gasteiger partial charge in [0.25, 0.3) is 0 Å². The van der Waals surface area contributed by atoms with E-state index in [0.717, 1.165) is 0 Å². The molecule has 0 aliphatic heterocycles. The van der Waals surface area contributed by atoms with E-state index in [1.165, 1.54) is 12.4 Å². The average Bonchev–Trinajstić information content (AvgIpc) is 2.84. The summed E-state index contributed by atoms with van der Waals surface area (Å²) >= 11 is 0. The summed E-state index contributed by atoms with van der Waals surface area (Å²) in [7, 11) is -1.86. The van der Waals surface area contributed by atoms with Gasteiger partial charge in [0.2, 0.25) is 16.0 Å². The molecule has 0 unspecified atom stereocenters. The molecule has 20 heavy (non-hydrogen) atoms. The van der Waals surface area contributed by atoms with Crippen LogP contribution in [0.1, 0.15) is 12.6 Å². The summed E-state index contributed by atoms with van der Waals surface area (Å²) in [6.45, 7) is 2.70. The number of hydrogen-bond donors (Lipinski definition) is 2. The zero-order valence-electron chi connectivity index (χ0n) is 11.2. The maximum Gasteiger partial charge on any atom is 0.244 e. The first-order valence-electron chi connectivity index (χ1n) is 6.05. The van der Waals surface area contributed by atoms with Crippen LogP contribution < -0.4 is 10.0 Å². The molecule has 0 spiro atoms. The summed E-state index contributed by atoms with van der Waals surface area (Å²) in [5.74, 6) is 0.399. The van der Waals surface area contributed by atoms with Crippen molar-refractivity contribution in [2.75, 3.05) is 11.9 Å². The summed E-state index contributed by atoms with van der Waals surface area (Å²) < 4.78 is 28.1. The van der Waals surface area contributed by atoms with Crippen LogP contribution in [0.5, 0.6) is 0 Å². The molecule has 0 saturated carbocycles. The van der Waals surface area contributed by atoms with Crippen molar-refractivity contribution in [1.29, 1.82) is 0 Å². The minimum atomic E-state index is -3.63. The van der Waals surface area contributed by atoms with Crippen LogP contribution in [0.3, 0.4) is 0 Å². The van der Waals surface area contributed by atoms with E-state index in [2.05, 4.69) is 25.1 Å². The normalized spacial score (nSPS) is 11.5. The van der Waals surface area contributed by atoms with E-state index < -0.39 is 10.0 Å². The Labute approximate surface area is 117 Å². The summed E-state index contributed by atoms with van der Waals surface area (Å²) in [4.78, 5) is 7.89. The van der Waals surface area contributed by atoms with Crippen molar-refractivity contribution >= 4 is 16.0 Å². The van der Waals surface area contributed by atoms with Crippen molar-refractivity contribution in [3.8, 4) is 0 Å². The third-order valence-corrected chi connectivity index (χ3v) is 3.84. The zero-order valence-corrected chi connectivity index (χ0v) is 12.1. The molecular weight excluding hydrogens is 280 g/mol. The van der Waals surface area contributed by atoms with Gasteiger partial charge >= 0.3 is 0 Å².